The molecule has 1 aliphatic rings. The molecule has 0 saturated heterocycles. The molecule has 3 heteroatoms. The molecule has 2 N–H and O–H groups in total. The molecule has 2 aromatic carbocycles. The molecule has 21 heavy (non-hydrogen) atoms. The molecule has 1 saturated carbocycles. The van der Waals surface area contributed by atoms with Crippen LogP contribution in [0.1, 0.15) is 30.7 Å². The van der Waals surface area contributed by atoms with Crippen molar-refractivity contribution in [3.05, 3.63) is 54.1 Å². The standard InChI is InChI=1S/C18H17N3/c19-18-17(20-15-6-1-2-7-16(15)21-18)14-10-8-13(9-11-14)12-4-3-5-12/h1-2,6-12H,3-5H2,(H2,19,21). The number of fused-ring (bicyclic) bond motifs is 1. The van der Waals surface area contributed by atoms with E-state index in [9.17, 15) is 0 Å². The lowest BCUT2D eigenvalue weighted by Gasteiger charge is -2.25. The molecule has 0 aliphatic heterocycles. The average molecular weight is 275 g/mol. The molecular weight excluding hydrogens is 258 g/mol. The minimum atomic E-state index is 0.491. The van der Waals surface area contributed by atoms with Crippen LogP contribution < -0.4 is 5.73 Å². The van der Waals surface area contributed by atoms with Gasteiger partial charge in [-0.2, -0.15) is 0 Å². The maximum absolute atomic E-state index is 6.08. The lowest BCUT2D eigenvalue weighted by atomic mass is 9.80. The Kier molecular flexibility index (Phi) is 2.85. The van der Waals surface area contributed by atoms with E-state index >= 15 is 0 Å². The van der Waals surface area contributed by atoms with E-state index in [1.807, 2.05) is 24.3 Å². The van der Waals surface area contributed by atoms with Gasteiger partial charge in [-0.25, -0.2) is 9.97 Å². The van der Waals surface area contributed by atoms with Gasteiger partial charge in [0.1, 0.15) is 5.69 Å². The van der Waals surface area contributed by atoms with Crippen LogP contribution in [0.15, 0.2) is 48.5 Å². The van der Waals surface area contributed by atoms with Crippen LogP contribution in [0.4, 0.5) is 5.82 Å². The zero-order chi connectivity index (χ0) is 14.2. The Balaban J connectivity index is 1.76. The van der Waals surface area contributed by atoms with Crippen molar-refractivity contribution in [2.45, 2.75) is 25.2 Å². The number of para-hydroxylation sites is 2. The largest absolute Gasteiger partial charge is 0.382 e. The number of hydrogen-bond acceptors (Lipinski definition) is 3. The molecular formula is C18H17N3. The summed E-state index contributed by atoms with van der Waals surface area (Å²) in [7, 11) is 0. The van der Waals surface area contributed by atoms with Crippen LogP contribution in [0.5, 0.6) is 0 Å². The van der Waals surface area contributed by atoms with Gasteiger partial charge in [0.15, 0.2) is 5.82 Å². The van der Waals surface area contributed by atoms with Crippen molar-refractivity contribution in [1.29, 1.82) is 0 Å². The highest BCUT2D eigenvalue weighted by molar-refractivity contribution is 5.82. The number of hydrogen-bond donors (Lipinski definition) is 1. The van der Waals surface area contributed by atoms with Gasteiger partial charge in [-0.3, -0.25) is 0 Å². The number of nitrogen functional groups attached to an aromatic ring is 1. The van der Waals surface area contributed by atoms with Crippen molar-refractivity contribution in [3.63, 3.8) is 0 Å². The second kappa shape index (κ2) is 4.85. The van der Waals surface area contributed by atoms with Gasteiger partial charge in [0.05, 0.1) is 11.0 Å². The number of anilines is 1. The van der Waals surface area contributed by atoms with Crippen molar-refractivity contribution < 1.29 is 0 Å². The van der Waals surface area contributed by atoms with Crippen LogP contribution in [-0.2, 0) is 0 Å². The fraction of sp³-hybridized carbons (Fsp3) is 0.222. The number of aromatic nitrogens is 2. The van der Waals surface area contributed by atoms with Crippen LogP contribution >= 0.6 is 0 Å². The molecule has 4 rings (SSSR count). The molecule has 0 radical (unpaired) electrons. The van der Waals surface area contributed by atoms with Crippen LogP contribution in [0, 0.1) is 0 Å². The summed E-state index contributed by atoms with van der Waals surface area (Å²) in [5.41, 5.74) is 11.0. The highest BCUT2D eigenvalue weighted by atomic mass is 14.9. The van der Waals surface area contributed by atoms with E-state index in [0.29, 0.717) is 5.82 Å². The number of rotatable bonds is 2. The van der Waals surface area contributed by atoms with E-state index < -0.39 is 0 Å². The summed E-state index contributed by atoms with van der Waals surface area (Å²) in [5.74, 6) is 1.24. The first kappa shape index (κ1) is 12.3. The minimum Gasteiger partial charge on any atom is -0.382 e. The topological polar surface area (TPSA) is 51.8 Å². The van der Waals surface area contributed by atoms with E-state index in [4.69, 9.17) is 5.73 Å². The molecule has 1 aliphatic carbocycles. The van der Waals surface area contributed by atoms with Crippen LogP contribution in [0.3, 0.4) is 0 Å². The van der Waals surface area contributed by atoms with Gasteiger partial charge in [0.25, 0.3) is 0 Å². The number of nitrogens with two attached hydrogens (primary N) is 1. The fourth-order valence-electron chi connectivity index (χ4n) is 2.88. The minimum absolute atomic E-state index is 0.491. The Morgan fingerprint density at radius 1 is 0.857 bits per heavy atom. The van der Waals surface area contributed by atoms with E-state index in [1.165, 1.54) is 24.8 Å². The van der Waals surface area contributed by atoms with Crippen molar-refractivity contribution in [2.75, 3.05) is 5.73 Å². The highest BCUT2D eigenvalue weighted by Gasteiger charge is 2.19. The van der Waals surface area contributed by atoms with Crippen LogP contribution in [0.2, 0.25) is 0 Å². The summed E-state index contributed by atoms with van der Waals surface area (Å²) >= 11 is 0. The first-order valence-corrected chi connectivity index (χ1v) is 7.44. The van der Waals surface area contributed by atoms with Crippen molar-refractivity contribution in [1.82, 2.24) is 9.97 Å². The summed E-state index contributed by atoms with van der Waals surface area (Å²) < 4.78 is 0. The number of benzene rings is 2. The quantitative estimate of drug-likeness (QED) is 0.764. The molecule has 1 aromatic heterocycles. The second-order valence-electron chi connectivity index (χ2n) is 5.70. The zero-order valence-electron chi connectivity index (χ0n) is 11.8. The molecule has 3 aromatic rings. The molecule has 0 amide bonds. The van der Waals surface area contributed by atoms with E-state index in [0.717, 1.165) is 28.2 Å². The first-order valence-electron chi connectivity index (χ1n) is 7.44. The Hall–Kier alpha value is -2.42. The Labute approximate surface area is 123 Å². The lowest BCUT2D eigenvalue weighted by Crippen LogP contribution is -2.08. The number of nitrogens with zero attached hydrogens (tertiary/aromatic N) is 2. The molecule has 3 nitrogen and oxygen atoms in total. The molecule has 0 atom stereocenters. The Bertz CT molecular complexity index is 789. The van der Waals surface area contributed by atoms with Gasteiger partial charge in [0.2, 0.25) is 0 Å². The first-order chi connectivity index (χ1) is 10.3. The summed E-state index contributed by atoms with van der Waals surface area (Å²) in [5, 5.41) is 0. The predicted octanol–water partition coefficient (Wildman–Crippen LogP) is 4.15. The SMILES string of the molecule is Nc1nc2ccccc2nc1-c1ccc(C2CCC2)cc1. The molecule has 1 fully saturated rings. The Morgan fingerprint density at radius 3 is 2.14 bits per heavy atom. The fourth-order valence-corrected chi connectivity index (χ4v) is 2.88. The summed E-state index contributed by atoms with van der Waals surface area (Å²) in [6, 6.07) is 16.5. The van der Waals surface area contributed by atoms with Gasteiger partial charge in [-0.15, -0.1) is 0 Å². The van der Waals surface area contributed by atoms with E-state index in [2.05, 4.69) is 34.2 Å². The molecule has 0 bridgehead atoms. The van der Waals surface area contributed by atoms with Gasteiger partial charge < -0.3 is 5.73 Å². The second-order valence-corrected chi connectivity index (χ2v) is 5.70. The lowest BCUT2D eigenvalue weighted by molar-refractivity contribution is 0.420. The van der Waals surface area contributed by atoms with Crippen molar-refractivity contribution in [3.8, 4) is 11.3 Å². The highest BCUT2D eigenvalue weighted by Crippen LogP contribution is 2.37. The zero-order valence-corrected chi connectivity index (χ0v) is 11.8. The van der Waals surface area contributed by atoms with Crippen LogP contribution in [-0.4, -0.2) is 9.97 Å². The third-order valence-electron chi connectivity index (χ3n) is 4.36. The van der Waals surface area contributed by atoms with Crippen LogP contribution in [0.25, 0.3) is 22.3 Å². The third-order valence-corrected chi connectivity index (χ3v) is 4.36. The normalized spacial score (nSPS) is 15.0. The average Bonchev–Trinajstić information content (AvgIpc) is 2.46. The van der Waals surface area contributed by atoms with Crippen molar-refractivity contribution in [2.24, 2.45) is 0 Å². The monoisotopic (exact) mass is 275 g/mol. The summed E-state index contributed by atoms with van der Waals surface area (Å²) in [4.78, 5) is 9.12. The van der Waals surface area contributed by atoms with E-state index in [-0.39, 0.29) is 0 Å². The molecule has 104 valence electrons. The maximum Gasteiger partial charge on any atom is 0.150 e. The molecule has 0 unspecified atom stereocenters. The predicted molar refractivity (Wildman–Crippen MR) is 86.0 cm³/mol. The third kappa shape index (κ3) is 2.15. The molecule has 0 spiro atoms. The van der Waals surface area contributed by atoms with Gasteiger partial charge in [-0.1, -0.05) is 42.8 Å². The Morgan fingerprint density at radius 2 is 1.52 bits per heavy atom. The maximum atomic E-state index is 6.08. The van der Waals surface area contributed by atoms with Gasteiger partial charge >= 0.3 is 0 Å². The molecule has 1 heterocycles. The van der Waals surface area contributed by atoms with E-state index in [1.54, 1.807) is 0 Å². The summed E-state index contributed by atoms with van der Waals surface area (Å²) in [6.07, 6.45) is 3.99. The summed E-state index contributed by atoms with van der Waals surface area (Å²) in [6.45, 7) is 0. The smallest absolute Gasteiger partial charge is 0.150 e. The van der Waals surface area contributed by atoms with Crippen molar-refractivity contribution >= 4 is 16.9 Å². The van der Waals surface area contributed by atoms with Gasteiger partial charge in [-0.05, 0) is 36.5 Å². The van der Waals surface area contributed by atoms with Gasteiger partial charge in [0, 0.05) is 5.56 Å².